The maximum absolute atomic E-state index is 10.3. The third-order valence-corrected chi connectivity index (χ3v) is 2.66. The Morgan fingerprint density at radius 1 is 0.842 bits per heavy atom. The van der Waals surface area contributed by atoms with Crippen LogP contribution in [0.15, 0.2) is 72.8 Å². The van der Waals surface area contributed by atoms with Crippen molar-refractivity contribution in [2.75, 3.05) is 0 Å². The second kappa shape index (κ2) is 6.36. The number of hydrogen-bond acceptors (Lipinski definition) is 1. The summed E-state index contributed by atoms with van der Waals surface area (Å²) in [5.41, 5.74) is 3.39. The van der Waals surface area contributed by atoms with Gasteiger partial charge >= 0.3 is 5.97 Å². The van der Waals surface area contributed by atoms with E-state index in [4.69, 9.17) is 5.11 Å². The molecule has 0 radical (unpaired) electrons. The molecule has 2 aromatic carbocycles. The van der Waals surface area contributed by atoms with Crippen LogP contribution in [0.2, 0.25) is 0 Å². The summed E-state index contributed by atoms with van der Waals surface area (Å²) in [5, 5.41) is 8.45. The molecule has 0 aromatic heterocycles. The van der Waals surface area contributed by atoms with Crippen LogP contribution in [0.25, 0.3) is 17.2 Å². The summed E-state index contributed by atoms with van der Waals surface area (Å²) in [6.07, 6.45) is 6.20. The molecule has 0 amide bonds. The second-order valence-electron chi connectivity index (χ2n) is 4.04. The van der Waals surface area contributed by atoms with Gasteiger partial charge in [-0.05, 0) is 16.7 Å². The average molecular weight is 250 g/mol. The molecule has 2 rings (SSSR count). The van der Waals surface area contributed by atoms with E-state index >= 15 is 0 Å². The van der Waals surface area contributed by atoms with Crippen LogP contribution in [0.1, 0.15) is 5.56 Å². The van der Waals surface area contributed by atoms with E-state index in [9.17, 15) is 4.79 Å². The van der Waals surface area contributed by atoms with E-state index in [-0.39, 0.29) is 0 Å². The van der Waals surface area contributed by atoms with E-state index in [1.807, 2.05) is 36.4 Å². The second-order valence-corrected chi connectivity index (χ2v) is 4.04. The monoisotopic (exact) mass is 250 g/mol. The molecule has 0 aliphatic heterocycles. The predicted octanol–water partition coefficient (Wildman–Crippen LogP) is 4.01. The molecular formula is C17H14O2. The van der Waals surface area contributed by atoms with Gasteiger partial charge in [-0.25, -0.2) is 4.79 Å². The Morgan fingerprint density at radius 3 is 2.11 bits per heavy atom. The number of carboxylic acid groups (broad SMARTS) is 1. The molecule has 0 spiro atoms. The first-order chi connectivity index (χ1) is 9.25. The molecule has 0 fully saturated rings. The van der Waals surface area contributed by atoms with Crippen LogP contribution < -0.4 is 0 Å². The molecule has 0 unspecified atom stereocenters. The van der Waals surface area contributed by atoms with Crippen molar-refractivity contribution in [1.82, 2.24) is 0 Å². The molecule has 0 aliphatic rings. The van der Waals surface area contributed by atoms with Crippen LogP contribution in [0.5, 0.6) is 0 Å². The number of carboxylic acids is 1. The van der Waals surface area contributed by atoms with E-state index in [0.717, 1.165) is 11.6 Å². The van der Waals surface area contributed by atoms with Crippen LogP contribution >= 0.6 is 0 Å². The number of hydrogen-bond donors (Lipinski definition) is 1. The van der Waals surface area contributed by atoms with Gasteiger partial charge in [0.05, 0.1) is 0 Å². The molecule has 0 aliphatic carbocycles. The van der Waals surface area contributed by atoms with Crippen molar-refractivity contribution in [2.24, 2.45) is 0 Å². The van der Waals surface area contributed by atoms with Crippen LogP contribution in [0.4, 0.5) is 0 Å². The Hall–Kier alpha value is -2.61. The van der Waals surface area contributed by atoms with Gasteiger partial charge in [-0.3, -0.25) is 0 Å². The minimum Gasteiger partial charge on any atom is -0.478 e. The highest BCUT2D eigenvalue weighted by Gasteiger charge is 1.95. The Labute approximate surface area is 112 Å². The molecule has 0 bridgehead atoms. The quantitative estimate of drug-likeness (QED) is 0.657. The van der Waals surface area contributed by atoms with Crippen molar-refractivity contribution in [3.63, 3.8) is 0 Å². The zero-order valence-electron chi connectivity index (χ0n) is 10.4. The molecule has 0 saturated heterocycles. The minimum atomic E-state index is -0.941. The molecule has 0 atom stereocenters. The molecule has 19 heavy (non-hydrogen) atoms. The Kier molecular flexibility index (Phi) is 4.29. The summed E-state index contributed by atoms with van der Waals surface area (Å²) in [5.74, 6) is -0.941. The Bertz CT molecular complexity index is 593. The van der Waals surface area contributed by atoms with E-state index in [1.54, 1.807) is 6.08 Å². The summed E-state index contributed by atoms with van der Waals surface area (Å²) in [6, 6.07) is 18.3. The van der Waals surface area contributed by atoms with Crippen molar-refractivity contribution in [3.8, 4) is 11.1 Å². The van der Waals surface area contributed by atoms with Gasteiger partial charge in [0.15, 0.2) is 0 Å². The van der Waals surface area contributed by atoms with Crippen molar-refractivity contribution < 1.29 is 9.90 Å². The van der Waals surface area contributed by atoms with Crippen molar-refractivity contribution in [2.45, 2.75) is 0 Å². The van der Waals surface area contributed by atoms with Crippen LogP contribution in [-0.2, 0) is 4.79 Å². The summed E-state index contributed by atoms with van der Waals surface area (Å²) in [4.78, 5) is 10.3. The molecule has 2 heteroatoms. The average Bonchev–Trinajstić information content (AvgIpc) is 2.45. The van der Waals surface area contributed by atoms with E-state index in [1.165, 1.54) is 17.2 Å². The molecule has 0 heterocycles. The topological polar surface area (TPSA) is 37.3 Å². The van der Waals surface area contributed by atoms with Gasteiger partial charge in [0.2, 0.25) is 0 Å². The smallest absolute Gasteiger partial charge is 0.328 e. The SMILES string of the molecule is O=C(O)/C=C/C=C/c1ccc(-c2ccccc2)cc1. The van der Waals surface area contributed by atoms with Gasteiger partial charge in [-0.15, -0.1) is 0 Å². The predicted molar refractivity (Wildman–Crippen MR) is 77.7 cm³/mol. The van der Waals surface area contributed by atoms with Gasteiger partial charge in [0.1, 0.15) is 0 Å². The highest BCUT2D eigenvalue weighted by atomic mass is 16.4. The number of carbonyl (C=O) groups is 1. The maximum atomic E-state index is 10.3. The van der Waals surface area contributed by atoms with Crippen LogP contribution in [0, 0.1) is 0 Å². The summed E-state index contributed by atoms with van der Waals surface area (Å²) in [6.45, 7) is 0. The third kappa shape index (κ3) is 3.96. The van der Waals surface area contributed by atoms with Gasteiger partial charge in [-0.1, -0.05) is 72.8 Å². The lowest BCUT2D eigenvalue weighted by Gasteiger charge is -2.01. The lowest BCUT2D eigenvalue weighted by Crippen LogP contribution is -1.84. The normalized spacial score (nSPS) is 11.2. The number of allylic oxidation sites excluding steroid dienone is 2. The standard InChI is InChI=1S/C17H14O2/c18-17(19)9-5-4-6-14-10-12-16(13-11-14)15-7-2-1-3-8-15/h1-13H,(H,18,19)/b6-4+,9-5+. The summed E-state index contributed by atoms with van der Waals surface area (Å²) in [7, 11) is 0. The van der Waals surface area contributed by atoms with Crippen molar-refractivity contribution >= 4 is 12.0 Å². The van der Waals surface area contributed by atoms with E-state index in [2.05, 4.69) is 24.3 Å². The van der Waals surface area contributed by atoms with Crippen molar-refractivity contribution in [3.05, 3.63) is 78.4 Å². The van der Waals surface area contributed by atoms with Crippen LogP contribution in [-0.4, -0.2) is 11.1 Å². The number of aliphatic carboxylic acids is 1. The zero-order valence-corrected chi connectivity index (χ0v) is 10.4. The minimum absolute atomic E-state index is 0.941. The Morgan fingerprint density at radius 2 is 1.47 bits per heavy atom. The molecular weight excluding hydrogens is 236 g/mol. The fourth-order valence-corrected chi connectivity index (χ4v) is 1.72. The van der Waals surface area contributed by atoms with Crippen LogP contribution in [0.3, 0.4) is 0 Å². The highest BCUT2D eigenvalue weighted by Crippen LogP contribution is 2.19. The lowest BCUT2D eigenvalue weighted by molar-refractivity contribution is -0.131. The largest absolute Gasteiger partial charge is 0.478 e. The number of benzene rings is 2. The fourth-order valence-electron chi connectivity index (χ4n) is 1.72. The number of rotatable bonds is 4. The van der Waals surface area contributed by atoms with Gasteiger partial charge in [0, 0.05) is 6.08 Å². The molecule has 2 aromatic rings. The summed E-state index contributed by atoms with van der Waals surface area (Å²) >= 11 is 0. The van der Waals surface area contributed by atoms with Gasteiger partial charge in [0.25, 0.3) is 0 Å². The van der Waals surface area contributed by atoms with E-state index < -0.39 is 5.97 Å². The molecule has 94 valence electrons. The van der Waals surface area contributed by atoms with Gasteiger partial charge < -0.3 is 5.11 Å². The first-order valence-corrected chi connectivity index (χ1v) is 5.99. The molecule has 1 N–H and O–H groups in total. The zero-order chi connectivity index (χ0) is 13.5. The highest BCUT2D eigenvalue weighted by molar-refractivity contribution is 5.80. The first-order valence-electron chi connectivity index (χ1n) is 5.99. The van der Waals surface area contributed by atoms with Crippen molar-refractivity contribution in [1.29, 1.82) is 0 Å². The van der Waals surface area contributed by atoms with Gasteiger partial charge in [-0.2, -0.15) is 0 Å². The van der Waals surface area contributed by atoms with E-state index in [0.29, 0.717) is 0 Å². The maximum Gasteiger partial charge on any atom is 0.328 e. The lowest BCUT2D eigenvalue weighted by atomic mass is 10.0. The summed E-state index contributed by atoms with van der Waals surface area (Å²) < 4.78 is 0. The molecule has 0 saturated carbocycles. The first kappa shape index (κ1) is 12.8. The Balaban J connectivity index is 2.09. The fraction of sp³-hybridized carbons (Fsp3) is 0. The molecule has 2 nitrogen and oxygen atoms in total. The third-order valence-electron chi connectivity index (χ3n) is 2.66.